The predicted octanol–water partition coefficient (Wildman–Crippen LogP) is 3.82. The summed E-state index contributed by atoms with van der Waals surface area (Å²) in [5.41, 5.74) is 1.74. The minimum absolute atomic E-state index is 0.0784. The molecule has 102 valence electrons. The van der Waals surface area contributed by atoms with Crippen molar-refractivity contribution < 1.29 is 0 Å². The average molecular weight is 387 g/mol. The van der Waals surface area contributed by atoms with Gasteiger partial charge in [0, 0.05) is 0 Å². The van der Waals surface area contributed by atoms with Gasteiger partial charge in [-0.15, -0.1) is 0 Å². The topological polar surface area (TPSA) is 0 Å². The van der Waals surface area contributed by atoms with Gasteiger partial charge in [0.1, 0.15) is 0 Å². The Morgan fingerprint density at radius 1 is 0.950 bits per heavy atom. The van der Waals surface area contributed by atoms with Crippen LogP contribution in [0.25, 0.3) is 0 Å². The monoisotopic (exact) mass is 388 g/mol. The van der Waals surface area contributed by atoms with E-state index in [1.165, 1.54) is 12.6 Å². The van der Waals surface area contributed by atoms with E-state index in [-0.39, 0.29) is 7.92 Å². The first kappa shape index (κ1) is 13.3. The fraction of sp³-hybridized carbons (Fsp3) is 0.333. The zero-order chi connectivity index (χ0) is 13.7. The number of fused-ring (bicyclic) bond motifs is 3. The molecule has 2 heteroatoms. The number of benzene rings is 2. The second-order valence-electron chi connectivity index (χ2n) is 6.68. The normalized spacial score (nSPS) is 30.0. The number of hydrogen-bond donors (Lipinski definition) is 0. The quantitative estimate of drug-likeness (QED) is 0.516. The Kier molecular flexibility index (Phi) is 3.23. The van der Waals surface area contributed by atoms with Crippen molar-refractivity contribution in [2.24, 2.45) is 0 Å². The second kappa shape index (κ2) is 4.85. The van der Waals surface area contributed by atoms with Gasteiger partial charge < -0.3 is 0 Å². The third-order valence-corrected chi connectivity index (χ3v) is 25.6. The van der Waals surface area contributed by atoms with Crippen LogP contribution in [0.3, 0.4) is 0 Å². The average Bonchev–Trinajstić information content (AvgIpc) is 3.01. The third-order valence-electron chi connectivity index (χ3n) is 5.28. The van der Waals surface area contributed by atoms with E-state index < -0.39 is 18.4 Å². The molecule has 1 fully saturated rings. The van der Waals surface area contributed by atoms with Crippen LogP contribution in [0.5, 0.6) is 0 Å². The summed E-state index contributed by atoms with van der Waals surface area (Å²) in [6, 6.07) is 20.8. The summed E-state index contributed by atoms with van der Waals surface area (Å²) in [6.07, 6.45) is 2.89. The molecule has 0 spiro atoms. The number of hydrogen-bond acceptors (Lipinski definition) is 0. The van der Waals surface area contributed by atoms with E-state index in [4.69, 9.17) is 0 Å². The molecule has 20 heavy (non-hydrogen) atoms. The molecular weight excluding hydrogens is 366 g/mol. The van der Waals surface area contributed by atoms with Crippen LogP contribution in [0.2, 0.25) is 9.88 Å². The fourth-order valence-corrected chi connectivity index (χ4v) is 27.1. The molecular formula is C18H21PSn. The summed E-state index contributed by atoms with van der Waals surface area (Å²) in [5.74, 6) is 0.892. The molecule has 1 saturated heterocycles. The zero-order valence-electron chi connectivity index (χ0n) is 12.2. The van der Waals surface area contributed by atoms with Gasteiger partial charge in [-0.2, -0.15) is 0 Å². The summed E-state index contributed by atoms with van der Waals surface area (Å²) < 4.78 is 2.86. The van der Waals surface area contributed by atoms with E-state index >= 15 is 0 Å². The molecule has 2 aliphatic heterocycles. The molecule has 2 aromatic rings. The Morgan fingerprint density at radius 2 is 1.65 bits per heavy atom. The van der Waals surface area contributed by atoms with Gasteiger partial charge in [0.15, 0.2) is 0 Å². The standard InChI is InChI=1S/C16H15P.2CH3.Sn/c1-3-7-14(8-4-1)15-11-12-17(13-15)16-9-5-2-6-10-16;;;/h1-7,9-10,13,15H,11-12H2;2*1H3;. The van der Waals surface area contributed by atoms with Crippen LogP contribution in [0.15, 0.2) is 54.6 Å². The Morgan fingerprint density at radius 3 is 2.45 bits per heavy atom. The first-order valence-electron chi connectivity index (χ1n) is 7.60. The summed E-state index contributed by atoms with van der Waals surface area (Å²) in [7, 11) is 0.0784. The van der Waals surface area contributed by atoms with Crippen LogP contribution in [-0.4, -0.2) is 28.2 Å². The molecule has 0 aliphatic carbocycles. The first-order chi connectivity index (χ1) is 9.69. The van der Waals surface area contributed by atoms with Crippen molar-refractivity contribution in [3.05, 3.63) is 60.2 Å². The van der Waals surface area contributed by atoms with E-state index in [1.807, 2.05) is 3.58 Å². The molecule has 2 aromatic carbocycles. The molecule has 0 radical (unpaired) electrons. The number of rotatable bonds is 1. The Balaban J connectivity index is 1.81. The van der Waals surface area contributed by atoms with Crippen molar-refractivity contribution in [2.75, 3.05) is 6.16 Å². The molecule has 0 N–H and O–H groups in total. The van der Waals surface area contributed by atoms with Crippen molar-refractivity contribution in [3.63, 3.8) is 0 Å². The van der Waals surface area contributed by atoms with Crippen LogP contribution in [0, 0.1) is 0 Å². The van der Waals surface area contributed by atoms with Crippen molar-refractivity contribution >= 4 is 35.2 Å². The summed E-state index contributed by atoms with van der Waals surface area (Å²) in [6.45, 7) is 0. The van der Waals surface area contributed by atoms with Gasteiger partial charge in [-0.05, 0) is 0 Å². The second-order valence-corrected chi connectivity index (χ2v) is 23.7. The molecule has 2 heterocycles. The summed E-state index contributed by atoms with van der Waals surface area (Å²) >= 11 is -2.15. The Bertz CT molecular complexity index is 635. The van der Waals surface area contributed by atoms with Gasteiger partial charge in [0.25, 0.3) is 0 Å². The van der Waals surface area contributed by atoms with E-state index in [1.54, 1.807) is 10.9 Å². The van der Waals surface area contributed by atoms with Gasteiger partial charge in [-0.3, -0.25) is 0 Å². The van der Waals surface area contributed by atoms with Gasteiger partial charge in [0.2, 0.25) is 0 Å². The van der Waals surface area contributed by atoms with Crippen LogP contribution >= 0.6 is 7.92 Å². The SMILES string of the molecule is [CH3][Sn]1([CH3])[c]2ccccc2C2CCP(c3ccccc3)[CH]21. The molecule has 0 nitrogen and oxygen atoms in total. The minimum atomic E-state index is -2.15. The van der Waals surface area contributed by atoms with Gasteiger partial charge >= 0.3 is 127 Å². The van der Waals surface area contributed by atoms with Crippen molar-refractivity contribution in [1.82, 2.24) is 0 Å². The van der Waals surface area contributed by atoms with Crippen LogP contribution in [0.4, 0.5) is 0 Å². The van der Waals surface area contributed by atoms with Gasteiger partial charge in [-0.25, -0.2) is 0 Å². The zero-order valence-corrected chi connectivity index (χ0v) is 16.0. The molecule has 0 aromatic heterocycles. The van der Waals surface area contributed by atoms with E-state index in [2.05, 4.69) is 64.5 Å². The molecule has 3 atom stereocenters. The van der Waals surface area contributed by atoms with Crippen molar-refractivity contribution in [3.8, 4) is 0 Å². The van der Waals surface area contributed by atoms with Crippen LogP contribution in [0.1, 0.15) is 17.9 Å². The summed E-state index contributed by atoms with van der Waals surface area (Å²) in [4.78, 5) is 5.36. The van der Waals surface area contributed by atoms with E-state index in [9.17, 15) is 0 Å². The molecule has 4 rings (SSSR count). The maximum absolute atomic E-state index is 2.68. The fourth-order valence-electron chi connectivity index (χ4n) is 4.49. The third kappa shape index (κ3) is 1.84. The van der Waals surface area contributed by atoms with Gasteiger partial charge in [-0.1, -0.05) is 0 Å². The van der Waals surface area contributed by atoms with E-state index in [0.717, 1.165) is 9.59 Å². The maximum atomic E-state index is 2.68. The molecule has 0 bridgehead atoms. The molecule has 0 amide bonds. The van der Waals surface area contributed by atoms with Gasteiger partial charge in [0.05, 0.1) is 0 Å². The predicted molar refractivity (Wildman–Crippen MR) is 92.6 cm³/mol. The van der Waals surface area contributed by atoms with Crippen molar-refractivity contribution in [1.29, 1.82) is 0 Å². The molecule has 3 unspecified atom stereocenters. The Hall–Kier alpha value is -0.331. The van der Waals surface area contributed by atoms with E-state index in [0.29, 0.717) is 0 Å². The first-order valence-corrected chi connectivity index (χ1v) is 18.0. The Labute approximate surface area is 127 Å². The van der Waals surface area contributed by atoms with Crippen LogP contribution in [-0.2, 0) is 0 Å². The molecule has 2 aliphatic rings. The van der Waals surface area contributed by atoms with Crippen molar-refractivity contribution in [2.45, 2.75) is 25.9 Å². The van der Waals surface area contributed by atoms with Crippen LogP contribution < -0.4 is 8.88 Å². The molecule has 0 saturated carbocycles. The summed E-state index contributed by atoms with van der Waals surface area (Å²) in [5, 5.41) is 1.66.